The van der Waals surface area contributed by atoms with E-state index in [-0.39, 0.29) is 5.75 Å². The summed E-state index contributed by atoms with van der Waals surface area (Å²) in [7, 11) is 0. The number of carbonyl (C=O) groups is 4. The molecule has 0 bridgehead atoms. The van der Waals surface area contributed by atoms with Crippen LogP contribution in [-0.2, 0) is 28.7 Å². The maximum Gasteiger partial charge on any atom is 0.490 e. The number of alkyl halides is 3. The molecule has 0 radical (unpaired) electrons. The van der Waals surface area contributed by atoms with Crippen LogP contribution in [0.1, 0.15) is 6.42 Å². The van der Waals surface area contributed by atoms with Gasteiger partial charge in [-0.2, -0.15) is 25.8 Å². The van der Waals surface area contributed by atoms with E-state index in [1.165, 1.54) is 0 Å². The summed E-state index contributed by atoms with van der Waals surface area (Å²) in [5, 5.41) is 56.5. The topological polar surface area (TPSA) is 246 Å². The average molecular weight is 512 g/mol. The van der Waals surface area contributed by atoms with Crippen molar-refractivity contribution in [2.24, 2.45) is 5.73 Å². The number of halogens is 3. The fourth-order valence-corrected chi connectivity index (χ4v) is 2.39. The highest BCUT2D eigenvalue weighted by molar-refractivity contribution is 7.80. The number of carboxylic acids is 3. The van der Waals surface area contributed by atoms with E-state index in [1.807, 2.05) is 0 Å². The Bertz CT molecular complexity index is 698. The van der Waals surface area contributed by atoms with E-state index in [0.717, 1.165) is 0 Å². The fraction of sp³-hybridized carbons (Fsp3) is 0.733. The largest absolute Gasteiger partial charge is 0.490 e. The molecule has 0 aromatic heterocycles. The number of hydrogen-bond acceptors (Lipinski definition) is 11. The highest BCUT2D eigenvalue weighted by atomic mass is 32.1. The van der Waals surface area contributed by atoms with Crippen LogP contribution in [0.5, 0.6) is 0 Å². The van der Waals surface area contributed by atoms with Crippen molar-refractivity contribution in [3.63, 3.8) is 0 Å². The third-order valence-corrected chi connectivity index (χ3v) is 4.29. The number of aliphatic hydroxyl groups excluding tert-OH is 3. The van der Waals surface area contributed by atoms with Crippen molar-refractivity contribution < 1.29 is 72.5 Å². The Labute approximate surface area is 188 Å². The summed E-state index contributed by atoms with van der Waals surface area (Å²) in [4.78, 5) is 42.8. The van der Waals surface area contributed by atoms with Gasteiger partial charge < -0.3 is 51.2 Å². The van der Waals surface area contributed by atoms with Gasteiger partial charge >= 0.3 is 24.1 Å². The third kappa shape index (κ3) is 10.1. The first-order valence-corrected chi connectivity index (χ1v) is 9.39. The molecule has 33 heavy (non-hydrogen) atoms. The zero-order valence-electron chi connectivity index (χ0n) is 16.5. The first kappa shape index (κ1) is 30.8. The Kier molecular flexibility index (Phi) is 12.6. The summed E-state index contributed by atoms with van der Waals surface area (Å²) in [6.07, 6.45) is -14.2. The first-order valence-electron chi connectivity index (χ1n) is 8.76. The number of nitrogens with two attached hydrogens (primary N) is 1. The second-order valence-corrected chi connectivity index (χ2v) is 6.76. The van der Waals surface area contributed by atoms with Gasteiger partial charge in [-0.3, -0.25) is 9.59 Å². The lowest BCUT2D eigenvalue weighted by Crippen LogP contribution is -2.66. The number of amides is 1. The number of thiol groups is 1. The van der Waals surface area contributed by atoms with Crippen LogP contribution in [0, 0.1) is 0 Å². The molecular weight excluding hydrogens is 489 g/mol. The van der Waals surface area contributed by atoms with Gasteiger partial charge in [0.25, 0.3) is 0 Å². The van der Waals surface area contributed by atoms with Gasteiger partial charge in [-0.05, 0) is 0 Å². The van der Waals surface area contributed by atoms with Crippen LogP contribution in [0.15, 0.2) is 0 Å². The summed E-state index contributed by atoms with van der Waals surface area (Å²) in [5.41, 5.74) is 5.50. The van der Waals surface area contributed by atoms with Gasteiger partial charge in [-0.25, -0.2) is 9.59 Å². The Balaban J connectivity index is 0.00000126. The van der Waals surface area contributed by atoms with E-state index in [4.69, 9.17) is 35.3 Å². The molecule has 0 aromatic rings. The van der Waals surface area contributed by atoms with Crippen molar-refractivity contribution in [1.29, 1.82) is 0 Å². The molecule has 0 aliphatic carbocycles. The zero-order chi connectivity index (χ0) is 26.1. The van der Waals surface area contributed by atoms with Crippen LogP contribution in [0.3, 0.4) is 0 Å². The summed E-state index contributed by atoms with van der Waals surface area (Å²) in [6, 6.07) is -2.55. The summed E-state index contributed by atoms with van der Waals surface area (Å²) in [5.74, 6) is -6.67. The summed E-state index contributed by atoms with van der Waals surface area (Å²) >= 11 is 3.85. The van der Waals surface area contributed by atoms with Crippen molar-refractivity contribution >= 4 is 36.4 Å². The van der Waals surface area contributed by atoms with Crippen LogP contribution in [0.2, 0.25) is 0 Å². The van der Waals surface area contributed by atoms with Crippen LogP contribution in [0.4, 0.5) is 13.2 Å². The molecule has 18 heteroatoms. The van der Waals surface area contributed by atoms with Gasteiger partial charge in [0.05, 0.1) is 19.1 Å². The minimum Gasteiger partial charge on any atom is -0.481 e. The van der Waals surface area contributed by atoms with Gasteiger partial charge in [0.1, 0.15) is 24.4 Å². The number of hydrogen-bond donors (Lipinski definition) is 9. The van der Waals surface area contributed by atoms with Gasteiger partial charge in [0.15, 0.2) is 12.4 Å². The minimum absolute atomic E-state index is 0.0421. The third-order valence-electron chi connectivity index (χ3n) is 3.90. The zero-order valence-corrected chi connectivity index (χ0v) is 17.3. The molecule has 1 heterocycles. The van der Waals surface area contributed by atoms with Crippen molar-refractivity contribution in [2.45, 2.75) is 55.4 Å². The molecule has 9 N–H and O–H groups in total. The Hall–Kier alpha value is -2.22. The monoisotopic (exact) mass is 512 g/mol. The summed E-state index contributed by atoms with van der Waals surface area (Å²) in [6.45, 7) is -0.744. The molecule has 1 aliphatic heterocycles. The van der Waals surface area contributed by atoms with E-state index >= 15 is 0 Å². The number of aliphatic hydroxyl groups is 3. The Morgan fingerprint density at radius 3 is 2.00 bits per heavy atom. The number of carbonyl (C=O) groups excluding carboxylic acids is 1. The van der Waals surface area contributed by atoms with Crippen molar-refractivity contribution in [1.82, 2.24) is 5.32 Å². The normalized spacial score (nSPS) is 26.8. The van der Waals surface area contributed by atoms with Crippen molar-refractivity contribution in [3.8, 4) is 0 Å². The Morgan fingerprint density at radius 2 is 1.64 bits per heavy atom. The highest BCUT2D eigenvalue weighted by Crippen LogP contribution is 2.24. The van der Waals surface area contributed by atoms with Crippen LogP contribution in [-0.4, -0.2) is 116 Å². The molecule has 1 saturated heterocycles. The molecule has 1 aliphatic rings. The lowest BCUT2D eigenvalue weighted by atomic mass is 9.96. The molecular formula is C15H23F3N2O12S. The predicted molar refractivity (Wildman–Crippen MR) is 100.0 cm³/mol. The number of aliphatic carboxylic acids is 3. The standard InChI is InChI=1S/C13H22N2O10S.C2HF3O2/c14-4(3-26)11(21)15-8-10(20)9(19)6(2-16)25-13(8)24-5(12(22)23)1-7(17)18;3-2(4,5)1(6)7/h4-6,8-10,13,16,19-20,26H,1-3,14H2,(H,15,21)(H,17,18)(H,22,23);(H,6,7)/t4-,5-,6+,8+,9+,10+,13-;/m0./s1. The molecule has 1 fully saturated rings. The maximum atomic E-state index is 11.9. The van der Waals surface area contributed by atoms with Crippen molar-refractivity contribution in [2.75, 3.05) is 12.4 Å². The van der Waals surface area contributed by atoms with Gasteiger partial charge in [-0.15, -0.1) is 0 Å². The van der Waals surface area contributed by atoms with Gasteiger partial charge in [-0.1, -0.05) is 0 Å². The van der Waals surface area contributed by atoms with Crippen LogP contribution >= 0.6 is 12.6 Å². The van der Waals surface area contributed by atoms with E-state index in [1.54, 1.807) is 0 Å². The highest BCUT2D eigenvalue weighted by Gasteiger charge is 2.47. The van der Waals surface area contributed by atoms with E-state index in [2.05, 4.69) is 17.9 Å². The average Bonchev–Trinajstić information content (AvgIpc) is 2.71. The number of carboxylic acid groups (broad SMARTS) is 3. The van der Waals surface area contributed by atoms with Crippen molar-refractivity contribution in [3.05, 3.63) is 0 Å². The lowest BCUT2D eigenvalue weighted by molar-refractivity contribution is -0.281. The quantitative estimate of drug-likeness (QED) is 0.138. The second-order valence-electron chi connectivity index (χ2n) is 6.39. The number of nitrogens with one attached hydrogen (secondary N) is 1. The Morgan fingerprint density at radius 1 is 1.12 bits per heavy atom. The van der Waals surface area contributed by atoms with E-state index in [0.29, 0.717) is 0 Å². The predicted octanol–water partition coefficient (Wildman–Crippen LogP) is -3.25. The van der Waals surface area contributed by atoms with Gasteiger partial charge in [0.2, 0.25) is 5.91 Å². The first-order chi connectivity index (χ1) is 15.1. The maximum absolute atomic E-state index is 11.9. The molecule has 192 valence electrons. The van der Waals surface area contributed by atoms with Gasteiger partial charge in [0, 0.05) is 5.75 Å². The minimum atomic E-state index is -5.08. The summed E-state index contributed by atoms with van der Waals surface area (Å²) < 4.78 is 42.0. The molecule has 1 rings (SSSR count). The molecule has 0 saturated carbocycles. The molecule has 14 nitrogen and oxygen atoms in total. The number of ether oxygens (including phenoxy) is 2. The molecule has 0 spiro atoms. The second kappa shape index (κ2) is 13.5. The fourth-order valence-electron chi connectivity index (χ4n) is 2.22. The van der Waals surface area contributed by atoms with E-state index < -0.39 is 85.8 Å². The smallest absolute Gasteiger partial charge is 0.481 e. The molecule has 0 unspecified atom stereocenters. The van der Waals surface area contributed by atoms with Crippen LogP contribution in [0.25, 0.3) is 0 Å². The number of rotatable bonds is 9. The lowest BCUT2D eigenvalue weighted by Gasteiger charge is -2.43. The molecule has 1 amide bonds. The molecule has 0 aromatic carbocycles. The van der Waals surface area contributed by atoms with Crippen LogP contribution < -0.4 is 11.1 Å². The molecule has 7 atom stereocenters. The van der Waals surface area contributed by atoms with E-state index in [9.17, 15) is 42.9 Å². The SMILES string of the molecule is N[C@@H](CS)C(=O)N[C@H]1[C@@H](O[C@@H](CC(=O)O)C(=O)O)O[C@H](CO)[C@@H](O)[C@@H]1O.O=C(O)C(F)(F)F.